The van der Waals surface area contributed by atoms with E-state index in [1.165, 1.54) is 6.92 Å². The molecule has 0 unspecified atom stereocenters. The van der Waals surface area contributed by atoms with Gasteiger partial charge < -0.3 is 24.5 Å². The molecule has 1 aliphatic carbocycles. The molecule has 14 heteroatoms. The molecule has 12 nitrogen and oxygen atoms in total. The van der Waals surface area contributed by atoms with E-state index in [1.807, 2.05) is 0 Å². The van der Waals surface area contributed by atoms with Gasteiger partial charge >= 0.3 is 19.4 Å². The Morgan fingerprint density at radius 2 is 2.03 bits per heavy atom. The van der Waals surface area contributed by atoms with E-state index in [4.69, 9.17) is 29.0 Å². The molecule has 202 valence electrons. The SMILES string of the molecule is C[C@H](N[P@](=O)(OC[C@H]1OC[C@@H](n2cc(F)c(N)nc2=O)O1)Oc1ccccc1)C(=O)OC1CCCCC1. The fourth-order valence-electron chi connectivity index (χ4n) is 3.95. The maximum atomic E-state index is 13.8. The van der Waals surface area contributed by atoms with Crippen molar-refractivity contribution in [3.05, 3.63) is 52.8 Å². The standard InChI is InChI=1S/C23H30FN4O8P/c1-15(22(29)34-16-8-4-2-5-9-16)27-37(31,36-17-10-6-3-7-11-17)33-14-20-32-13-19(35-20)28-12-18(24)21(25)26-23(28)30/h3,6-7,10-12,15-16,19-20H,2,4-5,8-9,13-14H2,1H3,(H,27,31)(H2,25,26,30)/t15-,19-,20-,37-/m0/s1. The zero-order chi connectivity index (χ0) is 26.4. The fraction of sp³-hybridized carbons (Fsp3) is 0.522. The van der Waals surface area contributed by atoms with Crippen LogP contribution in [-0.4, -0.2) is 47.2 Å². The Labute approximate surface area is 212 Å². The zero-order valence-electron chi connectivity index (χ0n) is 20.3. The van der Waals surface area contributed by atoms with Crippen LogP contribution in [0.15, 0.2) is 41.3 Å². The van der Waals surface area contributed by atoms with E-state index in [-0.39, 0.29) is 18.5 Å². The Bertz CT molecular complexity index is 1180. The molecule has 4 rings (SSSR count). The largest absolute Gasteiger partial charge is 0.461 e. The van der Waals surface area contributed by atoms with Gasteiger partial charge in [-0.15, -0.1) is 0 Å². The first kappa shape index (κ1) is 27.2. The lowest BCUT2D eigenvalue weighted by Gasteiger charge is -2.26. The molecule has 0 radical (unpaired) electrons. The summed E-state index contributed by atoms with van der Waals surface area (Å²) in [5.41, 5.74) is 4.49. The predicted molar refractivity (Wildman–Crippen MR) is 129 cm³/mol. The summed E-state index contributed by atoms with van der Waals surface area (Å²) in [6.45, 7) is 0.987. The number of anilines is 1. The number of aromatic nitrogens is 2. The van der Waals surface area contributed by atoms with Gasteiger partial charge in [-0.3, -0.25) is 13.9 Å². The van der Waals surface area contributed by atoms with Gasteiger partial charge in [0.25, 0.3) is 0 Å². The molecule has 2 fully saturated rings. The van der Waals surface area contributed by atoms with Crippen molar-refractivity contribution < 1.29 is 37.0 Å². The lowest BCUT2D eigenvalue weighted by atomic mass is 9.98. The van der Waals surface area contributed by atoms with Crippen LogP contribution >= 0.6 is 7.75 Å². The van der Waals surface area contributed by atoms with Crippen LogP contribution < -0.4 is 21.0 Å². The van der Waals surface area contributed by atoms with Gasteiger partial charge in [0.15, 0.2) is 24.2 Å². The summed E-state index contributed by atoms with van der Waals surface area (Å²) in [4.78, 5) is 28.1. The Balaban J connectivity index is 1.39. The number of hydrogen-bond donors (Lipinski definition) is 2. The molecular weight excluding hydrogens is 510 g/mol. The van der Waals surface area contributed by atoms with Gasteiger partial charge in [0.1, 0.15) is 24.5 Å². The number of benzene rings is 1. The Morgan fingerprint density at radius 1 is 1.30 bits per heavy atom. The minimum atomic E-state index is -4.14. The Kier molecular flexibility index (Phi) is 8.93. The van der Waals surface area contributed by atoms with Crippen molar-refractivity contribution in [3.63, 3.8) is 0 Å². The second kappa shape index (κ2) is 12.1. The maximum Gasteiger partial charge on any atom is 0.459 e. The summed E-state index contributed by atoms with van der Waals surface area (Å²) >= 11 is 0. The number of carbonyl (C=O) groups excluding carboxylic acids is 1. The molecule has 0 bridgehead atoms. The molecule has 2 heterocycles. The van der Waals surface area contributed by atoms with Gasteiger partial charge in [-0.1, -0.05) is 24.6 Å². The lowest BCUT2D eigenvalue weighted by Crippen LogP contribution is -2.38. The average Bonchev–Trinajstić information content (AvgIpc) is 3.35. The van der Waals surface area contributed by atoms with Crippen LogP contribution in [0.25, 0.3) is 0 Å². The third kappa shape index (κ3) is 7.36. The smallest absolute Gasteiger partial charge is 0.459 e. The minimum absolute atomic E-state index is 0.125. The number of ether oxygens (including phenoxy) is 3. The van der Waals surface area contributed by atoms with Crippen molar-refractivity contribution in [2.24, 2.45) is 0 Å². The molecule has 2 aliphatic rings. The summed E-state index contributed by atoms with van der Waals surface area (Å²) in [5.74, 6) is -1.74. The minimum Gasteiger partial charge on any atom is -0.461 e. The molecule has 37 heavy (non-hydrogen) atoms. The molecule has 1 saturated heterocycles. The number of nitrogen functional groups attached to an aromatic ring is 1. The summed E-state index contributed by atoms with van der Waals surface area (Å²) in [6.07, 6.45) is 3.30. The zero-order valence-corrected chi connectivity index (χ0v) is 21.2. The second-order valence-electron chi connectivity index (χ2n) is 8.76. The highest BCUT2D eigenvalue weighted by atomic mass is 31.2. The van der Waals surface area contributed by atoms with E-state index in [1.54, 1.807) is 30.3 Å². The molecule has 1 aliphatic heterocycles. The molecule has 2 aromatic rings. The van der Waals surface area contributed by atoms with Gasteiger partial charge in [-0.25, -0.2) is 13.8 Å². The van der Waals surface area contributed by atoms with Crippen molar-refractivity contribution in [2.75, 3.05) is 18.9 Å². The van der Waals surface area contributed by atoms with Crippen molar-refractivity contribution in [1.82, 2.24) is 14.6 Å². The van der Waals surface area contributed by atoms with Crippen LogP contribution in [0.1, 0.15) is 45.3 Å². The molecule has 0 spiro atoms. The molecule has 3 N–H and O–H groups in total. The molecule has 1 aromatic heterocycles. The normalized spacial score (nSPS) is 22.8. The van der Waals surface area contributed by atoms with Gasteiger partial charge in [0, 0.05) is 0 Å². The highest BCUT2D eigenvalue weighted by molar-refractivity contribution is 7.52. The van der Waals surface area contributed by atoms with E-state index >= 15 is 0 Å². The summed E-state index contributed by atoms with van der Waals surface area (Å²) in [6, 6.07) is 7.29. The highest BCUT2D eigenvalue weighted by Crippen LogP contribution is 2.45. The van der Waals surface area contributed by atoms with Crippen molar-refractivity contribution in [1.29, 1.82) is 0 Å². The fourth-order valence-corrected chi connectivity index (χ4v) is 5.43. The van der Waals surface area contributed by atoms with E-state index in [2.05, 4.69) is 10.1 Å². The number of nitrogens with one attached hydrogen (secondary N) is 1. The van der Waals surface area contributed by atoms with Crippen LogP contribution in [-0.2, 0) is 28.1 Å². The summed E-state index contributed by atoms with van der Waals surface area (Å²) in [7, 11) is -4.14. The van der Waals surface area contributed by atoms with E-state index < -0.39 is 56.2 Å². The number of para-hydroxylation sites is 1. The van der Waals surface area contributed by atoms with Crippen molar-refractivity contribution in [2.45, 2.75) is 63.7 Å². The molecule has 1 aromatic carbocycles. The first-order chi connectivity index (χ1) is 17.7. The summed E-state index contributed by atoms with van der Waals surface area (Å²) in [5, 5.41) is 2.62. The second-order valence-corrected chi connectivity index (χ2v) is 10.5. The third-order valence-electron chi connectivity index (χ3n) is 5.87. The Hall–Kier alpha value is -2.83. The van der Waals surface area contributed by atoms with Crippen LogP contribution in [0.4, 0.5) is 10.2 Å². The van der Waals surface area contributed by atoms with E-state index in [0.29, 0.717) is 0 Å². The third-order valence-corrected chi connectivity index (χ3v) is 7.51. The van der Waals surface area contributed by atoms with Crippen LogP contribution in [0.2, 0.25) is 0 Å². The van der Waals surface area contributed by atoms with Crippen molar-refractivity contribution in [3.8, 4) is 5.75 Å². The molecular formula is C23H30FN4O8P. The quantitative estimate of drug-likeness (QED) is 0.338. The maximum absolute atomic E-state index is 13.8. The van der Waals surface area contributed by atoms with Crippen LogP contribution in [0.3, 0.4) is 0 Å². The average molecular weight is 540 g/mol. The number of halogens is 1. The number of carbonyl (C=O) groups is 1. The number of nitrogens with zero attached hydrogens (tertiary/aromatic N) is 2. The van der Waals surface area contributed by atoms with Crippen LogP contribution in [0, 0.1) is 5.82 Å². The van der Waals surface area contributed by atoms with Gasteiger partial charge in [-0.05, 0) is 44.7 Å². The monoisotopic (exact) mass is 540 g/mol. The number of rotatable bonds is 10. The topological polar surface area (TPSA) is 153 Å². The first-order valence-electron chi connectivity index (χ1n) is 12.0. The number of hydrogen-bond acceptors (Lipinski definition) is 10. The van der Waals surface area contributed by atoms with Gasteiger partial charge in [-0.2, -0.15) is 10.1 Å². The number of nitrogens with two attached hydrogens (primary N) is 1. The van der Waals surface area contributed by atoms with Gasteiger partial charge in [0.2, 0.25) is 0 Å². The van der Waals surface area contributed by atoms with Crippen LogP contribution in [0.5, 0.6) is 5.75 Å². The number of esters is 1. The highest BCUT2D eigenvalue weighted by Gasteiger charge is 2.36. The molecule has 1 saturated carbocycles. The molecule has 4 atom stereocenters. The first-order valence-corrected chi connectivity index (χ1v) is 13.6. The van der Waals surface area contributed by atoms with Gasteiger partial charge in [0.05, 0.1) is 12.8 Å². The predicted octanol–water partition coefficient (Wildman–Crippen LogP) is 2.89. The lowest BCUT2D eigenvalue weighted by molar-refractivity contribution is -0.152. The van der Waals surface area contributed by atoms with E-state index in [0.717, 1.165) is 42.9 Å². The van der Waals surface area contributed by atoms with E-state index in [9.17, 15) is 18.5 Å². The Morgan fingerprint density at radius 3 is 2.76 bits per heavy atom. The van der Waals surface area contributed by atoms with Crippen molar-refractivity contribution >= 4 is 19.5 Å². The summed E-state index contributed by atoms with van der Waals surface area (Å²) < 4.78 is 56.1. The molecule has 0 amide bonds.